The van der Waals surface area contributed by atoms with Crippen LogP contribution in [0.25, 0.3) is 0 Å². The van der Waals surface area contributed by atoms with Crippen molar-refractivity contribution in [3.05, 3.63) is 12.0 Å². The van der Waals surface area contributed by atoms with Gasteiger partial charge in [0.1, 0.15) is 6.26 Å². The van der Waals surface area contributed by atoms with E-state index in [4.69, 9.17) is 13.9 Å². The smallest absolute Gasteiger partial charge is 0.360 e. The molecule has 0 saturated carbocycles. The summed E-state index contributed by atoms with van der Waals surface area (Å²) in [6, 6.07) is 0.458. The Morgan fingerprint density at radius 3 is 3.17 bits per heavy atom. The van der Waals surface area contributed by atoms with E-state index in [0.29, 0.717) is 19.2 Å². The van der Waals surface area contributed by atoms with Crippen molar-refractivity contribution in [2.45, 2.75) is 26.4 Å². The Hall–Kier alpha value is -1.56. The zero-order chi connectivity index (χ0) is 13.0. The lowest BCUT2D eigenvalue weighted by Gasteiger charge is -2.31. The summed E-state index contributed by atoms with van der Waals surface area (Å²) in [5.41, 5.74) is 0.214. The van der Waals surface area contributed by atoms with Gasteiger partial charge in [-0.15, -0.1) is 0 Å². The molecule has 1 unspecified atom stereocenters. The molecule has 0 radical (unpaired) electrons. The van der Waals surface area contributed by atoms with E-state index in [1.165, 1.54) is 6.26 Å². The maximum absolute atomic E-state index is 11.5. The summed E-state index contributed by atoms with van der Waals surface area (Å²) >= 11 is 0. The molecule has 0 aromatic carbocycles. The Labute approximate surface area is 106 Å². The van der Waals surface area contributed by atoms with Gasteiger partial charge < -0.3 is 18.8 Å². The fraction of sp³-hybridized carbons (Fsp3) is 0.667. The third-order valence-corrected chi connectivity index (χ3v) is 2.84. The lowest BCUT2D eigenvalue weighted by Crippen LogP contribution is -2.42. The van der Waals surface area contributed by atoms with Crippen LogP contribution in [0.3, 0.4) is 0 Å². The maximum Gasteiger partial charge on any atom is 0.360 e. The quantitative estimate of drug-likeness (QED) is 0.758. The summed E-state index contributed by atoms with van der Waals surface area (Å²) in [6.45, 7) is 6.27. The Bertz CT molecular complexity index is 405. The van der Waals surface area contributed by atoms with Crippen molar-refractivity contribution in [1.29, 1.82) is 0 Å². The molecule has 1 saturated heterocycles. The van der Waals surface area contributed by atoms with Crippen LogP contribution in [0.5, 0.6) is 0 Å². The highest BCUT2D eigenvalue weighted by Crippen LogP contribution is 2.18. The first-order valence-electron chi connectivity index (χ1n) is 6.23. The molecule has 0 bridgehead atoms. The Morgan fingerprint density at radius 1 is 1.61 bits per heavy atom. The van der Waals surface area contributed by atoms with Gasteiger partial charge in [0.2, 0.25) is 0 Å². The van der Waals surface area contributed by atoms with Gasteiger partial charge in [-0.1, -0.05) is 6.92 Å². The first-order valence-corrected chi connectivity index (χ1v) is 6.23. The molecule has 6 heteroatoms. The van der Waals surface area contributed by atoms with Gasteiger partial charge in [-0.3, -0.25) is 0 Å². The van der Waals surface area contributed by atoms with Crippen LogP contribution < -0.4 is 4.90 Å². The van der Waals surface area contributed by atoms with Crippen LogP contribution in [0.15, 0.2) is 10.7 Å². The van der Waals surface area contributed by atoms with Crippen molar-refractivity contribution < 1.29 is 18.7 Å². The fourth-order valence-corrected chi connectivity index (χ4v) is 1.85. The zero-order valence-electron chi connectivity index (χ0n) is 10.7. The van der Waals surface area contributed by atoms with Crippen LogP contribution in [-0.2, 0) is 9.47 Å². The molecule has 2 rings (SSSR count). The van der Waals surface area contributed by atoms with Crippen LogP contribution in [-0.4, -0.2) is 43.4 Å². The molecule has 0 spiro atoms. The number of hydrogen-bond acceptors (Lipinski definition) is 6. The lowest BCUT2D eigenvalue weighted by atomic mass is 10.2. The second kappa shape index (κ2) is 5.86. The predicted molar refractivity (Wildman–Crippen MR) is 64.7 cm³/mol. The number of carbonyl (C=O) groups is 1. The van der Waals surface area contributed by atoms with Crippen molar-refractivity contribution >= 4 is 12.0 Å². The summed E-state index contributed by atoms with van der Waals surface area (Å²) in [6.07, 6.45) is 2.47. The fourth-order valence-electron chi connectivity index (χ4n) is 1.85. The molecule has 100 valence electrons. The summed E-state index contributed by atoms with van der Waals surface area (Å²) in [7, 11) is 0. The Kier molecular flexibility index (Phi) is 4.19. The summed E-state index contributed by atoms with van der Waals surface area (Å²) in [4.78, 5) is 17.6. The SMILES string of the molecule is CCOC(=O)c1coc(N2CCOC(CC)C2)n1. The number of carbonyl (C=O) groups excluding carboxylic acids is 1. The van der Waals surface area contributed by atoms with Gasteiger partial charge >= 0.3 is 5.97 Å². The molecule has 1 aromatic heterocycles. The highest BCUT2D eigenvalue weighted by molar-refractivity contribution is 5.87. The Balaban J connectivity index is 2.03. The van der Waals surface area contributed by atoms with E-state index < -0.39 is 5.97 Å². The Morgan fingerprint density at radius 2 is 2.44 bits per heavy atom. The number of rotatable bonds is 4. The van der Waals surface area contributed by atoms with Gasteiger partial charge in [-0.25, -0.2) is 4.79 Å². The minimum atomic E-state index is -0.451. The number of oxazole rings is 1. The average Bonchev–Trinajstić information content (AvgIpc) is 2.89. The topological polar surface area (TPSA) is 64.8 Å². The summed E-state index contributed by atoms with van der Waals surface area (Å²) < 4.78 is 15.8. The molecular weight excluding hydrogens is 236 g/mol. The molecule has 1 aliphatic heterocycles. The van der Waals surface area contributed by atoms with E-state index >= 15 is 0 Å². The van der Waals surface area contributed by atoms with E-state index in [1.807, 2.05) is 4.90 Å². The number of anilines is 1. The molecule has 0 N–H and O–H groups in total. The molecule has 18 heavy (non-hydrogen) atoms. The van der Waals surface area contributed by atoms with E-state index in [-0.39, 0.29) is 11.8 Å². The van der Waals surface area contributed by atoms with Crippen molar-refractivity contribution in [3.8, 4) is 0 Å². The van der Waals surface area contributed by atoms with E-state index in [2.05, 4.69) is 11.9 Å². The van der Waals surface area contributed by atoms with Gasteiger partial charge in [-0.2, -0.15) is 4.98 Å². The van der Waals surface area contributed by atoms with Crippen molar-refractivity contribution in [2.24, 2.45) is 0 Å². The third kappa shape index (κ3) is 2.81. The minimum Gasteiger partial charge on any atom is -0.461 e. The van der Waals surface area contributed by atoms with Gasteiger partial charge in [0, 0.05) is 13.1 Å². The number of aromatic nitrogens is 1. The van der Waals surface area contributed by atoms with Crippen LogP contribution in [0, 0.1) is 0 Å². The monoisotopic (exact) mass is 254 g/mol. The number of ether oxygens (including phenoxy) is 2. The zero-order valence-corrected chi connectivity index (χ0v) is 10.7. The largest absolute Gasteiger partial charge is 0.461 e. The van der Waals surface area contributed by atoms with Gasteiger partial charge in [0.15, 0.2) is 5.69 Å². The summed E-state index contributed by atoms with van der Waals surface area (Å²) in [5.74, 6) is -0.451. The maximum atomic E-state index is 11.5. The second-order valence-electron chi connectivity index (χ2n) is 4.08. The van der Waals surface area contributed by atoms with Crippen molar-refractivity contribution in [1.82, 2.24) is 4.98 Å². The van der Waals surface area contributed by atoms with E-state index in [0.717, 1.165) is 19.5 Å². The number of nitrogens with zero attached hydrogens (tertiary/aromatic N) is 2. The van der Waals surface area contributed by atoms with Crippen LogP contribution >= 0.6 is 0 Å². The first-order chi connectivity index (χ1) is 8.74. The molecule has 0 amide bonds. The molecular formula is C12H18N2O4. The van der Waals surface area contributed by atoms with Crippen LogP contribution in [0.1, 0.15) is 30.8 Å². The van der Waals surface area contributed by atoms with Gasteiger partial charge in [0.05, 0.1) is 19.3 Å². The third-order valence-electron chi connectivity index (χ3n) is 2.84. The second-order valence-corrected chi connectivity index (χ2v) is 4.08. The average molecular weight is 254 g/mol. The number of esters is 1. The van der Waals surface area contributed by atoms with Gasteiger partial charge in [0.25, 0.3) is 6.01 Å². The van der Waals surface area contributed by atoms with E-state index in [1.54, 1.807) is 6.92 Å². The number of morpholine rings is 1. The first kappa shape index (κ1) is 12.9. The normalized spacial score (nSPS) is 19.9. The van der Waals surface area contributed by atoms with Gasteiger partial charge in [-0.05, 0) is 13.3 Å². The summed E-state index contributed by atoms with van der Waals surface area (Å²) in [5, 5.41) is 0. The molecule has 2 heterocycles. The molecule has 1 aromatic rings. The molecule has 1 atom stereocenters. The van der Waals surface area contributed by atoms with Crippen LogP contribution in [0.2, 0.25) is 0 Å². The predicted octanol–water partition coefficient (Wildman–Crippen LogP) is 1.47. The number of hydrogen-bond donors (Lipinski definition) is 0. The van der Waals surface area contributed by atoms with Crippen molar-refractivity contribution in [2.75, 3.05) is 31.2 Å². The molecule has 1 aliphatic rings. The highest BCUT2D eigenvalue weighted by atomic mass is 16.5. The lowest BCUT2D eigenvalue weighted by molar-refractivity contribution is 0.0367. The van der Waals surface area contributed by atoms with E-state index in [9.17, 15) is 4.79 Å². The highest BCUT2D eigenvalue weighted by Gasteiger charge is 2.23. The molecule has 6 nitrogen and oxygen atoms in total. The van der Waals surface area contributed by atoms with Crippen LogP contribution in [0.4, 0.5) is 6.01 Å². The molecule has 1 fully saturated rings. The standard InChI is InChI=1S/C12H18N2O4/c1-3-9-7-14(5-6-17-9)12-13-10(8-18-12)11(15)16-4-2/h8-9H,3-7H2,1-2H3. The minimum absolute atomic E-state index is 0.191. The molecule has 0 aliphatic carbocycles. The van der Waals surface area contributed by atoms with Crippen molar-refractivity contribution in [3.63, 3.8) is 0 Å².